The van der Waals surface area contributed by atoms with E-state index in [0.717, 1.165) is 11.1 Å². The summed E-state index contributed by atoms with van der Waals surface area (Å²) >= 11 is 6.10. The number of carbonyl (C=O) groups excluding carboxylic acids is 2. The molecule has 0 N–H and O–H groups in total. The molecule has 0 spiro atoms. The Morgan fingerprint density at radius 3 is 2.53 bits per heavy atom. The van der Waals surface area contributed by atoms with Gasteiger partial charge in [0, 0.05) is 5.92 Å². The van der Waals surface area contributed by atoms with Gasteiger partial charge in [-0.05, 0) is 29.7 Å². The van der Waals surface area contributed by atoms with E-state index in [-0.39, 0.29) is 18.4 Å². The number of hydrogen-bond donors (Lipinski definition) is 0. The summed E-state index contributed by atoms with van der Waals surface area (Å²) < 4.78 is 22.3. The fraction of sp³-hybridized carbons (Fsp3) is 0.280. The first-order valence-electron chi connectivity index (χ1n) is 10.3. The smallest absolute Gasteiger partial charge is 0.339 e. The molecule has 0 fully saturated rings. The second-order valence-corrected chi connectivity index (χ2v) is 7.98. The van der Waals surface area contributed by atoms with E-state index in [2.05, 4.69) is 0 Å². The van der Waals surface area contributed by atoms with Crippen molar-refractivity contribution in [3.05, 3.63) is 94.2 Å². The van der Waals surface area contributed by atoms with Crippen LogP contribution in [-0.4, -0.2) is 31.9 Å². The number of allylic oxidation sites excluding steroid dienone is 1. The van der Waals surface area contributed by atoms with Crippen LogP contribution in [-0.2, 0) is 30.3 Å². The molecule has 2 aromatic carbocycles. The Hall–Kier alpha value is -3.09. The predicted octanol–water partition coefficient (Wildman–Crippen LogP) is 4.69. The molecule has 4 rings (SSSR count). The van der Waals surface area contributed by atoms with Crippen LogP contribution >= 0.6 is 11.6 Å². The van der Waals surface area contributed by atoms with Gasteiger partial charge in [0.25, 0.3) is 0 Å². The number of halogens is 1. The molecular weight excluding hydrogens is 432 g/mol. The van der Waals surface area contributed by atoms with E-state index in [0.29, 0.717) is 29.2 Å². The molecule has 0 aromatic heterocycles. The molecule has 0 amide bonds. The molecule has 0 radical (unpaired) electrons. The van der Waals surface area contributed by atoms with Gasteiger partial charge in [0.05, 0.1) is 42.1 Å². The third-order valence-electron chi connectivity index (χ3n) is 5.66. The van der Waals surface area contributed by atoms with Crippen LogP contribution < -0.4 is 0 Å². The molecule has 0 saturated carbocycles. The SMILES string of the molecule is COC(=O)C1=CO[C@@H](OCc2ccccc2)[C@@H]2C(COC(=O)c3ccccc3Cl)=CC[C@H]12. The minimum Gasteiger partial charge on any atom is -0.471 e. The van der Waals surface area contributed by atoms with E-state index < -0.39 is 18.2 Å². The molecule has 166 valence electrons. The maximum Gasteiger partial charge on any atom is 0.339 e. The molecule has 1 heterocycles. The number of benzene rings is 2. The molecule has 2 aliphatic rings. The maximum absolute atomic E-state index is 12.5. The Bertz CT molecular complexity index is 1050. The molecule has 0 saturated heterocycles. The molecule has 1 aliphatic heterocycles. The number of hydrogen-bond acceptors (Lipinski definition) is 6. The van der Waals surface area contributed by atoms with Crippen molar-refractivity contribution in [1.82, 2.24) is 0 Å². The first-order valence-corrected chi connectivity index (χ1v) is 10.7. The molecule has 2 aromatic rings. The number of esters is 2. The second-order valence-electron chi connectivity index (χ2n) is 7.57. The van der Waals surface area contributed by atoms with Crippen molar-refractivity contribution >= 4 is 23.5 Å². The number of fused-ring (bicyclic) bond motifs is 1. The van der Waals surface area contributed by atoms with Crippen LogP contribution in [0.2, 0.25) is 5.02 Å². The summed E-state index contributed by atoms with van der Waals surface area (Å²) in [5.74, 6) is -1.41. The fourth-order valence-corrected chi connectivity index (χ4v) is 4.25. The van der Waals surface area contributed by atoms with Gasteiger partial charge in [-0.3, -0.25) is 0 Å². The Morgan fingerprint density at radius 1 is 1.03 bits per heavy atom. The first kappa shape index (κ1) is 22.1. The molecule has 32 heavy (non-hydrogen) atoms. The van der Waals surface area contributed by atoms with E-state index in [4.69, 9.17) is 30.5 Å². The Kier molecular flexibility index (Phi) is 6.93. The number of rotatable bonds is 7. The van der Waals surface area contributed by atoms with E-state index in [1.807, 2.05) is 36.4 Å². The molecule has 6 nitrogen and oxygen atoms in total. The minimum atomic E-state index is -0.624. The monoisotopic (exact) mass is 454 g/mol. The zero-order valence-corrected chi connectivity index (χ0v) is 18.3. The zero-order chi connectivity index (χ0) is 22.5. The average molecular weight is 455 g/mol. The van der Waals surface area contributed by atoms with E-state index in [1.165, 1.54) is 13.4 Å². The van der Waals surface area contributed by atoms with Crippen LogP contribution in [0.4, 0.5) is 0 Å². The van der Waals surface area contributed by atoms with Gasteiger partial charge in [-0.15, -0.1) is 0 Å². The highest BCUT2D eigenvalue weighted by atomic mass is 35.5. The lowest BCUT2D eigenvalue weighted by molar-refractivity contribution is -0.161. The highest BCUT2D eigenvalue weighted by molar-refractivity contribution is 6.33. The van der Waals surface area contributed by atoms with Crippen molar-refractivity contribution < 1.29 is 28.5 Å². The summed E-state index contributed by atoms with van der Waals surface area (Å²) in [6.07, 6.45) is 3.37. The Morgan fingerprint density at radius 2 is 1.78 bits per heavy atom. The third-order valence-corrected chi connectivity index (χ3v) is 5.99. The van der Waals surface area contributed by atoms with Crippen LogP contribution in [0.15, 0.2) is 78.1 Å². The lowest BCUT2D eigenvalue weighted by atomic mass is 9.83. The van der Waals surface area contributed by atoms with Gasteiger partial charge in [0.15, 0.2) is 0 Å². The van der Waals surface area contributed by atoms with E-state index >= 15 is 0 Å². The van der Waals surface area contributed by atoms with Gasteiger partial charge in [0.2, 0.25) is 6.29 Å². The highest BCUT2D eigenvalue weighted by Gasteiger charge is 2.45. The van der Waals surface area contributed by atoms with E-state index in [9.17, 15) is 9.59 Å². The average Bonchev–Trinajstić information content (AvgIpc) is 3.26. The summed E-state index contributed by atoms with van der Waals surface area (Å²) in [5.41, 5.74) is 2.59. The van der Waals surface area contributed by atoms with Crippen LogP contribution in [0, 0.1) is 11.8 Å². The maximum atomic E-state index is 12.5. The van der Waals surface area contributed by atoms with Crippen molar-refractivity contribution in [1.29, 1.82) is 0 Å². The third kappa shape index (κ3) is 4.71. The van der Waals surface area contributed by atoms with Crippen LogP contribution in [0.25, 0.3) is 0 Å². The van der Waals surface area contributed by atoms with Gasteiger partial charge in [-0.25, -0.2) is 9.59 Å². The molecule has 0 unspecified atom stereocenters. The molecule has 7 heteroatoms. The van der Waals surface area contributed by atoms with Crippen molar-refractivity contribution in [3.63, 3.8) is 0 Å². The normalized spacial score (nSPS) is 21.6. The molecule has 1 aliphatic carbocycles. The summed E-state index contributed by atoms with van der Waals surface area (Å²) in [6.45, 7) is 0.400. The van der Waals surface area contributed by atoms with Crippen LogP contribution in [0.5, 0.6) is 0 Å². The van der Waals surface area contributed by atoms with E-state index in [1.54, 1.807) is 24.3 Å². The Labute approximate surface area is 191 Å². The summed E-state index contributed by atoms with van der Waals surface area (Å²) in [5, 5.41) is 0.330. The lowest BCUT2D eigenvalue weighted by Crippen LogP contribution is -2.37. The Balaban J connectivity index is 1.49. The number of ether oxygens (including phenoxy) is 4. The van der Waals surface area contributed by atoms with Crippen molar-refractivity contribution in [2.24, 2.45) is 11.8 Å². The predicted molar refractivity (Wildman–Crippen MR) is 118 cm³/mol. The summed E-state index contributed by atoms with van der Waals surface area (Å²) in [7, 11) is 1.34. The van der Waals surface area contributed by atoms with Gasteiger partial charge in [0.1, 0.15) is 6.61 Å². The zero-order valence-electron chi connectivity index (χ0n) is 17.5. The van der Waals surface area contributed by atoms with Crippen molar-refractivity contribution in [3.8, 4) is 0 Å². The summed E-state index contributed by atoms with van der Waals surface area (Å²) in [4.78, 5) is 24.8. The highest BCUT2D eigenvalue weighted by Crippen LogP contribution is 2.44. The largest absolute Gasteiger partial charge is 0.471 e. The topological polar surface area (TPSA) is 71.1 Å². The number of methoxy groups -OCH3 is 1. The van der Waals surface area contributed by atoms with Gasteiger partial charge < -0.3 is 18.9 Å². The second kappa shape index (κ2) is 10.0. The van der Waals surface area contributed by atoms with Gasteiger partial charge in [-0.2, -0.15) is 0 Å². The fourth-order valence-electron chi connectivity index (χ4n) is 4.04. The first-order chi connectivity index (χ1) is 15.6. The van der Waals surface area contributed by atoms with Crippen LogP contribution in [0.1, 0.15) is 22.3 Å². The quantitative estimate of drug-likeness (QED) is 0.446. The minimum absolute atomic E-state index is 0.0498. The molecule has 0 bridgehead atoms. The lowest BCUT2D eigenvalue weighted by Gasteiger charge is -2.34. The molecular formula is C25H23ClO6. The van der Waals surface area contributed by atoms with Crippen molar-refractivity contribution in [2.45, 2.75) is 19.3 Å². The van der Waals surface area contributed by atoms with Gasteiger partial charge >= 0.3 is 11.9 Å². The summed E-state index contributed by atoms with van der Waals surface area (Å²) in [6, 6.07) is 16.5. The standard InChI is InChI=1S/C25H23ClO6/c1-29-23(27)20-15-32-25(31-13-16-7-3-2-4-8-16)22-17(11-12-18(20)22)14-30-24(28)19-9-5-6-10-21(19)26/h2-11,15,18,22,25H,12-14H2,1H3/t18-,22-,25-/m1/s1. The van der Waals surface area contributed by atoms with Crippen molar-refractivity contribution in [2.75, 3.05) is 13.7 Å². The van der Waals surface area contributed by atoms with Crippen LogP contribution in [0.3, 0.4) is 0 Å². The number of carbonyl (C=O) groups is 2. The molecule has 3 atom stereocenters. The van der Waals surface area contributed by atoms with Gasteiger partial charge in [-0.1, -0.05) is 60.1 Å².